The van der Waals surface area contributed by atoms with E-state index in [-0.39, 0.29) is 29.3 Å². The molecule has 98 valence electrons. The molecule has 0 spiro atoms. The lowest BCUT2D eigenvalue weighted by molar-refractivity contribution is 0.0990. The average Bonchev–Trinajstić information content (AvgIpc) is 2.32. The number of hydrogen-bond acceptors (Lipinski definition) is 3. The van der Waals surface area contributed by atoms with Gasteiger partial charge in [-0.1, -0.05) is 29.3 Å². The molecule has 0 heterocycles. The second-order valence-electron chi connectivity index (χ2n) is 4.04. The summed E-state index contributed by atoms with van der Waals surface area (Å²) in [7, 11) is 0. The van der Waals surface area contributed by atoms with Gasteiger partial charge in [0.05, 0.1) is 5.56 Å². The van der Waals surface area contributed by atoms with Crippen LogP contribution in [-0.4, -0.2) is 16.0 Å². The molecule has 0 amide bonds. The molecule has 0 radical (unpaired) electrons. The van der Waals surface area contributed by atoms with Gasteiger partial charge in [-0.15, -0.1) is 0 Å². The van der Waals surface area contributed by atoms with E-state index in [0.29, 0.717) is 15.6 Å². The van der Waals surface area contributed by atoms with Crippen molar-refractivity contribution in [2.24, 2.45) is 0 Å². The van der Waals surface area contributed by atoms with Crippen LogP contribution in [0.4, 0.5) is 0 Å². The smallest absolute Gasteiger partial charge is 0.171 e. The third-order valence-corrected chi connectivity index (χ3v) is 3.23. The standard InChI is InChI=1S/C14H10Cl2O3/c15-9-2-1-8(12(16)6-9)5-13(18)11-4-3-10(17)7-14(11)19/h1-4,6-7,17,19H,5H2. The predicted octanol–water partition coefficient (Wildman–Crippen LogP) is 3.83. The molecule has 0 saturated heterocycles. The van der Waals surface area contributed by atoms with E-state index in [9.17, 15) is 15.0 Å². The summed E-state index contributed by atoms with van der Waals surface area (Å²) >= 11 is 11.8. The zero-order valence-corrected chi connectivity index (χ0v) is 11.2. The van der Waals surface area contributed by atoms with Crippen molar-refractivity contribution in [2.75, 3.05) is 0 Å². The van der Waals surface area contributed by atoms with E-state index in [0.717, 1.165) is 6.07 Å². The highest BCUT2D eigenvalue weighted by atomic mass is 35.5. The van der Waals surface area contributed by atoms with Gasteiger partial charge in [0.15, 0.2) is 5.78 Å². The van der Waals surface area contributed by atoms with Crippen molar-refractivity contribution in [3.05, 3.63) is 57.6 Å². The van der Waals surface area contributed by atoms with Crippen LogP contribution >= 0.6 is 23.2 Å². The molecule has 0 aliphatic heterocycles. The molecule has 2 aromatic carbocycles. The molecule has 0 unspecified atom stereocenters. The van der Waals surface area contributed by atoms with E-state index in [2.05, 4.69) is 0 Å². The van der Waals surface area contributed by atoms with Crippen LogP contribution in [0.3, 0.4) is 0 Å². The largest absolute Gasteiger partial charge is 0.508 e. The third kappa shape index (κ3) is 3.19. The van der Waals surface area contributed by atoms with Gasteiger partial charge in [0, 0.05) is 22.5 Å². The third-order valence-electron chi connectivity index (χ3n) is 2.65. The lowest BCUT2D eigenvalue weighted by atomic mass is 10.0. The van der Waals surface area contributed by atoms with Gasteiger partial charge in [0.1, 0.15) is 11.5 Å². The summed E-state index contributed by atoms with van der Waals surface area (Å²) < 4.78 is 0. The Balaban J connectivity index is 2.25. The van der Waals surface area contributed by atoms with Crippen molar-refractivity contribution in [3.8, 4) is 11.5 Å². The van der Waals surface area contributed by atoms with Gasteiger partial charge in [0.2, 0.25) is 0 Å². The first kappa shape index (κ1) is 13.7. The Labute approximate surface area is 120 Å². The number of hydrogen-bond donors (Lipinski definition) is 2. The van der Waals surface area contributed by atoms with Crippen molar-refractivity contribution in [1.82, 2.24) is 0 Å². The number of benzene rings is 2. The normalized spacial score (nSPS) is 10.4. The molecule has 0 saturated carbocycles. The monoisotopic (exact) mass is 296 g/mol. The molecule has 2 aromatic rings. The van der Waals surface area contributed by atoms with E-state index in [1.807, 2.05) is 0 Å². The van der Waals surface area contributed by atoms with Crippen LogP contribution in [0.15, 0.2) is 36.4 Å². The summed E-state index contributed by atoms with van der Waals surface area (Å²) in [5.74, 6) is -0.643. The molecular weight excluding hydrogens is 287 g/mol. The second kappa shape index (κ2) is 5.51. The summed E-state index contributed by atoms with van der Waals surface area (Å²) in [5, 5.41) is 19.7. The minimum absolute atomic E-state index is 0.0499. The fourth-order valence-electron chi connectivity index (χ4n) is 1.69. The molecule has 0 aromatic heterocycles. The number of ketones is 1. The minimum Gasteiger partial charge on any atom is -0.508 e. The van der Waals surface area contributed by atoms with E-state index >= 15 is 0 Å². The predicted molar refractivity (Wildman–Crippen MR) is 74.3 cm³/mol. The highest BCUT2D eigenvalue weighted by Crippen LogP contribution is 2.26. The van der Waals surface area contributed by atoms with E-state index in [1.165, 1.54) is 12.1 Å². The molecule has 0 aliphatic carbocycles. The second-order valence-corrected chi connectivity index (χ2v) is 4.88. The summed E-state index contributed by atoms with van der Waals surface area (Å²) in [5.41, 5.74) is 0.771. The van der Waals surface area contributed by atoms with Crippen molar-refractivity contribution >= 4 is 29.0 Å². The van der Waals surface area contributed by atoms with Crippen molar-refractivity contribution < 1.29 is 15.0 Å². The van der Waals surface area contributed by atoms with Gasteiger partial charge in [0.25, 0.3) is 0 Å². The molecule has 0 aliphatic rings. The zero-order chi connectivity index (χ0) is 14.0. The van der Waals surface area contributed by atoms with Crippen molar-refractivity contribution in [1.29, 1.82) is 0 Å². The Morgan fingerprint density at radius 1 is 1.05 bits per heavy atom. The maximum absolute atomic E-state index is 12.1. The molecule has 2 N–H and O–H groups in total. The van der Waals surface area contributed by atoms with Gasteiger partial charge in [-0.25, -0.2) is 0 Å². The number of phenols is 2. The van der Waals surface area contributed by atoms with Crippen LogP contribution in [0.1, 0.15) is 15.9 Å². The van der Waals surface area contributed by atoms with Gasteiger partial charge < -0.3 is 10.2 Å². The summed E-state index contributed by atoms with van der Waals surface area (Å²) in [6.45, 7) is 0. The number of aromatic hydroxyl groups is 2. The van der Waals surface area contributed by atoms with Crippen LogP contribution in [0.5, 0.6) is 11.5 Å². The molecule has 0 bridgehead atoms. The fourth-order valence-corrected chi connectivity index (χ4v) is 2.16. The van der Waals surface area contributed by atoms with Crippen LogP contribution in [-0.2, 0) is 6.42 Å². The van der Waals surface area contributed by atoms with Gasteiger partial charge in [-0.05, 0) is 29.8 Å². The van der Waals surface area contributed by atoms with Crippen molar-refractivity contribution in [2.45, 2.75) is 6.42 Å². The lowest BCUT2D eigenvalue weighted by Gasteiger charge is -2.06. The molecule has 0 atom stereocenters. The highest BCUT2D eigenvalue weighted by molar-refractivity contribution is 6.35. The molecule has 19 heavy (non-hydrogen) atoms. The number of Topliss-reactive ketones (excluding diaryl/α,β-unsaturated/α-hetero) is 1. The zero-order valence-electron chi connectivity index (χ0n) is 9.73. The Hall–Kier alpha value is -1.71. The number of rotatable bonds is 3. The Kier molecular flexibility index (Phi) is 3.98. The Bertz CT molecular complexity index is 639. The quantitative estimate of drug-likeness (QED) is 0.846. The molecule has 3 nitrogen and oxygen atoms in total. The van der Waals surface area contributed by atoms with E-state index in [1.54, 1.807) is 18.2 Å². The fraction of sp³-hybridized carbons (Fsp3) is 0.0714. The molecular formula is C14H10Cl2O3. The number of carbonyl (C=O) groups is 1. The molecule has 0 fully saturated rings. The maximum atomic E-state index is 12.1. The Morgan fingerprint density at radius 2 is 1.79 bits per heavy atom. The van der Waals surface area contributed by atoms with Gasteiger partial charge >= 0.3 is 0 Å². The van der Waals surface area contributed by atoms with Crippen LogP contribution in [0.2, 0.25) is 10.0 Å². The first-order chi connectivity index (χ1) is 8.97. The molecule has 2 rings (SSSR count). The maximum Gasteiger partial charge on any atom is 0.171 e. The lowest BCUT2D eigenvalue weighted by Crippen LogP contribution is -2.04. The van der Waals surface area contributed by atoms with Crippen LogP contribution < -0.4 is 0 Å². The van der Waals surface area contributed by atoms with Crippen LogP contribution in [0, 0.1) is 0 Å². The summed E-state index contributed by atoms with van der Waals surface area (Å²) in [4.78, 5) is 12.1. The SMILES string of the molecule is O=C(Cc1ccc(Cl)cc1Cl)c1ccc(O)cc1O. The summed E-state index contributed by atoms with van der Waals surface area (Å²) in [6.07, 6.45) is 0.0499. The van der Waals surface area contributed by atoms with E-state index < -0.39 is 0 Å². The average molecular weight is 297 g/mol. The van der Waals surface area contributed by atoms with Gasteiger partial charge in [-0.3, -0.25) is 4.79 Å². The van der Waals surface area contributed by atoms with Crippen LogP contribution in [0.25, 0.3) is 0 Å². The first-order valence-electron chi connectivity index (χ1n) is 5.46. The topological polar surface area (TPSA) is 57.5 Å². The molecule has 5 heteroatoms. The summed E-state index contributed by atoms with van der Waals surface area (Å²) in [6, 6.07) is 8.71. The van der Waals surface area contributed by atoms with E-state index in [4.69, 9.17) is 23.2 Å². The number of phenolic OH excluding ortho intramolecular Hbond substituents is 2. The Morgan fingerprint density at radius 3 is 2.42 bits per heavy atom. The minimum atomic E-state index is -0.290. The highest BCUT2D eigenvalue weighted by Gasteiger charge is 2.14. The first-order valence-corrected chi connectivity index (χ1v) is 6.22. The van der Waals surface area contributed by atoms with Crippen molar-refractivity contribution in [3.63, 3.8) is 0 Å². The van der Waals surface area contributed by atoms with Gasteiger partial charge in [-0.2, -0.15) is 0 Å². The number of halogens is 2. The number of carbonyl (C=O) groups excluding carboxylic acids is 1.